The predicted octanol–water partition coefficient (Wildman–Crippen LogP) is 2.85. The number of benzene rings is 1. The van der Waals surface area contributed by atoms with Gasteiger partial charge in [-0.2, -0.15) is 0 Å². The first-order chi connectivity index (χ1) is 9.10. The smallest absolute Gasteiger partial charge is 0.228 e. The second kappa shape index (κ2) is 7.60. The Morgan fingerprint density at radius 3 is 2.47 bits per heavy atom. The van der Waals surface area contributed by atoms with Gasteiger partial charge in [-0.3, -0.25) is 0 Å². The molecule has 0 aliphatic carbocycles. The van der Waals surface area contributed by atoms with Crippen LogP contribution in [0.3, 0.4) is 0 Å². The zero-order valence-electron chi connectivity index (χ0n) is 12.3. The molecule has 0 aliphatic heterocycles. The molecule has 1 aromatic carbocycles. The van der Waals surface area contributed by atoms with E-state index in [4.69, 9.17) is 13.9 Å². The maximum Gasteiger partial charge on any atom is 0.228 e. The minimum atomic E-state index is -0.976. The summed E-state index contributed by atoms with van der Waals surface area (Å²) in [5.41, 5.74) is 1.73. The van der Waals surface area contributed by atoms with E-state index in [-0.39, 0.29) is 6.10 Å². The van der Waals surface area contributed by atoms with Crippen LogP contribution < -0.4 is 0 Å². The summed E-state index contributed by atoms with van der Waals surface area (Å²) in [7, 11) is 2.33. The standard InChI is InChI=1S/C15H24O3Si/c1-6-12-10-8-9-11-13(12)14(7-2)18-19-15(3,16-4)17-5/h6,8-11,14H,1,7,19H2,2-5H3. The Morgan fingerprint density at radius 2 is 1.95 bits per heavy atom. The molecule has 0 saturated heterocycles. The fraction of sp³-hybridized carbons (Fsp3) is 0.467. The molecule has 1 unspecified atom stereocenters. The van der Waals surface area contributed by atoms with Crippen molar-refractivity contribution in [1.29, 1.82) is 0 Å². The Bertz CT molecular complexity index is 402. The molecule has 1 aromatic rings. The highest BCUT2D eigenvalue weighted by Gasteiger charge is 2.26. The highest BCUT2D eigenvalue weighted by Crippen LogP contribution is 2.26. The van der Waals surface area contributed by atoms with E-state index in [1.165, 1.54) is 5.56 Å². The molecule has 0 aliphatic rings. The quantitative estimate of drug-likeness (QED) is 0.541. The van der Waals surface area contributed by atoms with E-state index in [1.54, 1.807) is 14.2 Å². The summed E-state index contributed by atoms with van der Waals surface area (Å²) in [6.07, 6.45) is 2.86. The monoisotopic (exact) mass is 280 g/mol. The van der Waals surface area contributed by atoms with Crippen LogP contribution in [0, 0.1) is 0 Å². The maximum absolute atomic E-state index is 6.11. The zero-order chi connectivity index (χ0) is 14.3. The minimum Gasteiger partial charge on any atom is -0.411 e. The van der Waals surface area contributed by atoms with Gasteiger partial charge in [0.15, 0.2) is 5.41 Å². The minimum absolute atomic E-state index is 0.0745. The second-order valence-electron chi connectivity index (χ2n) is 4.58. The van der Waals surface area contributed by atoms with Crippen LogP contribution in [0.25, 0.3) is 6.08 Å². The Labute approximate surface area is 118 Å². The number of hydrogen-bond acceptors (Lipinski definition) is 3. The summed E-state index contributed by atoms with van der Waals surface area (Å²) in [5, 5.41) is 0. The van der Waals surface area contributed by atoms with Crippen molar-refractivity contribution in [3.8, 4) is 0 Å². The van der Waals surface area contributed by atoms with Gasteiger partial charge >= 0.3 is 0 Å². The van der Waals surface area contributed by atoms with Crippen molar-refractivity contribution >= 4 is 15.8 Å². The van der Waals surface area contributed by atoms with E-state index in [2.05, 4.69) is 25.6 Å². The third-order valence-corrected chi connectivity index (χ3v) is 5.01. The molecule has 106 valence electrons. The third-order valence-electron chi connectivity index (χ3n) is 3.34. The van der Waals surface area contributed by atoms with Gasteiger partial charge in [0.05, 0.1) is 6.10 Å². The van der Waals surface area contributed by atoms with E-state index < -0.39 is 15.2 Å². The molecule has 3 nitrogen and oxygen atoms in total. The van der Waals surface area contributed by atoms with Gasteiger partial charge in [0.2, 0.25) is 9.76 Å². The van der Waals surface area contributed by atoms with E-state index in [0.29, 0.717) is 0 Å². The number of rotatable bonds is 8. The Kier molecular flexibility index (Phi) is 6.44. The topological polar surface area (TPSA) is 27.7 Å². The summed E-state index contributed by atoms with van der Waals surface area (Å²) < 4.78 is 16.8. The lowest BCUT2D eigenvalue weighted by molar-refractivity contribution is -0.140. The van der Waals surface area contributed by atoms with Crippen LogP contribution in [0.2, 0.25) is 0 Å². The molecule has 0 spiro atoms. The van der Waals surface area contributed by atoms with E-state index in [0.717, 1.165) is 12.0 Å². The van der Waals surface area contributed by atoms with Crippen molar-refractivity contribution < 1.29 is 13.9 Å². The highest BCUT2D eigenvalue weighted by atomic mass is 28.2. The van der Waals surface area contributed by atoms with Crippen molar-refractivity contribution in [2.75, 3.05) is 14.2 Å². The molecule has 19 heavy (non-hydrogen) atoms. The van der Waals surface area contributed by atoms with E-state index in [9.17, 15) is 0 Å². The second-order valence-corrected chi connectivity index (χ2v) is 6.49. The Hall–Kier alpha value is -0.943. The van der Waals surface area contributed by atoms with Crippen LogP contribution in [0.1, 0.15) is 37.5 Å². The molecule has 0 saturated carbocycles. The molecule has 0 bridgehead atoms. The first-order valence-corrected chi connectivity index (χ1v) is 7.82. The summed E-state index contributed by atoms with van der Waals surface area (Å²) in [6.45, 7) is 7.90. The molecule has 0 aromatic heterocycles. The molecule has 0 heterocycles. The van der Waals surface area contributed by atoms with Crippen molar-refractivity contribution in [3.05, 3.63) is 42.0 Å². The molecule has 1 rings (SSSR count). The van der Waals surface area contributed by atoms with Crippen LogP contribution in [-0.4, -0.2) is 29.4 Å². The first-order valence-electron chi connectivity index (χ1n) is 6.53. The average molecular weight is 280 g/mol. The van der Waals surface area contributed by atoms with Gasteiger partial charge in [-0.15, -0.1) is 0 Å². The lowest BCUT2D eigenvalue weighted by Gasteiger charge is -2.28. The zero-order valence-corrected chi connectivity index (χ0v) is 13.7. The van der Waals surface area contributed by atoms with Gasteiger partial charge in [0, 0.05) is 14.2 Å². The van der Waals surface area contributed by atoms with Gasteiger partial charge in [0.25, 0.3) is 0 Å². The first kappa shape index (κ1) is 16.1. The van der Waals surface area contributed by atoms with Crippen molar-refractivity contribution in [2.24, 2.45) is 0 Å². The summed E-state index contributed by atoms with van der Waals surface area (Å²) in [4.78, 5) is 0. The van der Waals surface area contributed by atoms with Crippen LogP contribution in [0.5, 0.6) is 0 Å². The molecule has 0 amide bonds. The Balaban J connectivity index is 2.81. The maximum atomic E-state index is 6.11. The molecular formula is C15H24O3Si. The Morgan fingerprint density at radius 1 is 1.32 bits per heavy atom. The van der Waals surface area contributed by atoms with Gasteiger partial charge in [-0.05, 0) is 24.5 Å². The van der Waals surface area contributed by atoms with Crippen molar-refractivity contribution in [1.82, 2.24) is 0 Å². The number of methoxy groups -OCH3 is 2. The predicted molar refractivity (Wildman–Crippen MR) is 81.6 cm³/mol. The number of ether oxygens (including phenoxy) is 2. The fourth-order valence-corrected chi connectivity index (χ4v) is 3.03. The van der Waals surface area contributed by atoms with Crippen LogP contribution in [-0.2, 0) is 13.9 Å². The van der Waals surface area contributed by atoms with Crippen molar-refractivity contribution in [2.45, 2.75) is 31.8 Å². The number of hydrogen-bond donors (Lipinski definition) is 0. The molecule has 0 radical (unpaired) electrons. The molecule has 4 heteroatoms. The lowest BCUT2D eigenvalue weighted by Crippen LogP contribution is -2.39. The fourth-order valence-electron chi connectivity index (χ4n) is 1.87. The summed E-state index contributed by atoms with van der Waals surface area (Å²) in [5.74, 6) is 0. The van der Waals surface area contributed by atoms with E-state index in [1.807, 2.05) is 25.1 Å². The van der Waals surface area contributed by atoms with Gasteiger partial charge in [-0.1, -0.05) is 43.8 Å². The normalized spacial score (nSPS) is 13.9. The molecule has 0 fully saturated rings. The van der Waals surface area contributed by atoms with Crippen LogP contribution >= 0.6 is 0 Å². The van der Waals surface area contributed by atoms with Gasteiger partial charge < -0.3 is 13.9 Å². The SMILES string of the molecule is C=Cc1ccccc1C(CC)O[SiH2]C(C)(OC)OC. The van der Waals surface area contributed by atoms with Crippen LogP contribution in [0.4, 0.5) is 0 Å². The highest BCUT2D eigenvalue weighted by molar-refractivity contribution is 6.30. The molecule has 0 N–H and O–H groups in total. The van der Waals surface area contributed by atoms with E-state index >= 15 is 0 Å². The van der Waals surface area contributed by atoms with Crippen molar-refractivity contribution in [3.63, 3.8) is 0 Å². The summed E-state index contributed by atoms with van der Waals surface area (Å²) >= 11 is 0. The molecular weight excluding hydrogens is 256 g/mol. The van der Waals surface area contributed by atoms with Gasteiger partial charge in [0.1, 0.15) is 0 Å². The summed E-state index contributed by atoms with van der Waals surface area (Å²) in [6, 6.07) is 8.19. The lowest BCUT2D eigenvalue weighted by atomic mass is 10.0. The average Bonchev–Trinajstić information content (AvgIpc) is 2.48. The van der Waals surface area contributed by atoms with Gasteiger partial charge in [-0.25, -0.2) is 0 Å². The molecule has 1 atom stereocenters. The largest absolute Gasteiger partial charge is 0.411 e. The third kappa shape index (κ3) is 4.28. The van der Waals surface area contributed by atoms with Crippen LogP contribution in [0.15, 0.2) is 30.8 Å².